The molecule has 0 unspecified atom stereocenters. The molecule has 0 aliphatic heterocycles. The number of rotatable bonds is 2. The molecule has 0 amide bonds. The van der Waals surface area contributed by atoms with Gasteiger partial charge in [0, 0.05) is 4.55 Å². The van der Waals surface area contributed by atoms with Crippen LogP contribution in [-0.2, 0) is 0 Å². The summed E-state index contributed by atoms with van der Waals surface area (Å²) in [7, 11) is 0. The highest BCUT2D eigenvalue weighted by molar-refractivity contribution is 14.1. The summed E-state index contributed by atoms with van der Waals surface area (Å²) in [6, 6.07) is 0. The van der Waals surface area contributed by atoms with Gasteiger partial charge in [0.1, 0.15) is 0 Å². The number of nitrogens with one attached hydrogen (secondary N) is 1. The van der Waals surface area contributed by atoms with Gasteiger partial charge in [-0.2, -0.15) is 0 Å². The van der Waals surface area contributed by atoms with Crippen molar-refractivity contribution in [2.75, 3.05) is 11.1 Å². The third-order valence-electron chi connectivity index (χ3n) is 0.344. The Hall–Kier alpha value is 0.690. The van der Waals surface area contributed by atoms with Gasteiger partial charge in [-0.05, 0) is 6.54 Å². The molecule has 0 saturated heterocycles. The zero-order valence-corrected chi connectivity index (χ0v) is 5.45. The molecule has 0 radical (unpaired) electrons. The predicted molar refractivity (Wildman–Crippen MR) is 32.6 cm³/mol. The Morgan fingerprint density at radius 2 is 2.40 bits per heavy atom. The maximum Gasteiger partial charge on any atom is 0.0479 e. The van der Waals surface area contributed by atoms with Gasteiger partial charge < -0.3 is 5.32 Å². The van der Waals surface area contributed by atoms with Crippen LogP contribution >= 0.6 is 22.6 Å². The smallest absolute Gasteiger partial charge is 0.0479 e. The van der Waals surface area contributed by atoms with Crippen LogP contribution in [0.2, 0.25) is 0 Å². The third-order valence-corrected chi connectivity index (χ3v) is 0.884. The highest BCUT2D eigenvalue weighted by atomic mass is 127. The molecule has 32 valence electrons. The Morgan fingerprint density at radius 1 is 1.80 bits per heavy atom. The van der Waals surface area contributed by atoms with Crippen LogP contribution in [0.25, 0.3) is 0 Å². The Kier molecular flexibility index (Phi) is 5.34. The largest absolute Gasteiger partial charge is 0.308 e. The molecule has 0 aromatic rings. The van der Waals surface area contributed by atoms with Gasteiger partial charge in [0.05, 0.1) is 0 Å². The van der Waals surface area contributed by atoms with Crippen molar-refractivity contribution < 1.29 is 0 Å². The van der Waals surface area contributed by atoms with Crippen LogP contribution in [0.3, 0.4) is 0 Å². The van der Waals surface area contributed by atoms with Crippen molar-refractivity contribution in [3.63, 3.8) is 0 Å². The molecular formula is C3H8IN. The number of alkyl halides is 1. The van der Waals surface area contributed by atoms with Crippen LogP contribution in [0.5, 0.6) is 0 Å². The molecular weight excluding hydrogens is 177 g/mol. The quantitative estimate of drug-likeness (QED) is 0.384. The molecule has 0 heterocycles. The Morgan fingerprint density at radius 3 is 2.40 bits per heavy atom. The van der Waals surface area contributed by atoms with E-state index in [1.807, 2.05) is 0 Å². The van der Waals surface area contributed by atoms with Crippen LogP contribution in [0.1, 0.15) is 6.92 Å². The molecule has 0 aliphatic carbocycles. The molecule has 1 N–H and O–H groups in total. The SMILES string of the molecule is CCNCI. The lowest BCUT2D eigenvalue weighted by atomic mass is 10.8. The van der Waals surface area contributed by atoms with Crippen molar-refractivity contribution in [2.45, 2.75) is 6.92 Å². The maximum atomic E-state index is 3.10. The second kappa shape index (κ2) is 4.69. The first kappa shape index (κ1) is 5.69. The van der Waals surface area contributed by atoms with E-state index in [1.54, 1.807) is 0 Å². The normalized spacial score (nSPS) is 8.40. The van der Waals surface area contributed by atoms with E-state index < -0.39 is 0 Å². The van der Waals surface area contributed by atoms with Crippen molar-refractivity contribution in [1.82, 2.24) is 5.32 Å². The topological polar surface area (TPSA) is 12.0 Å². The molecule has 0 spiro atoms. The molecule has 0 aromatic carbocycles. The van der Waals surface area contributed by atoms with Gasteiger partial charge in [-0.25, -0.2) is 0 Å². The Labute approximate surface area is 46.3 Å². The fraction of sp³-hybridized carbons (Fsp3) is 1.00. The monoisotopic (exact) mass is 185 g/mol. The van der Waals surface area contributed by atoms with Gasteiger partial charge in [-0.1, -0.05) is 29.5 Å². The fourth-order valence-electron chi connectivity index (χ4n) is 0.0945. The number of hydrogen-bond acceptors (Lipinski definition) is 1. The van der Waals surface area contributed by atoms with E-state index in [4.69, 9.17) is 0 Å². The Balaban J connectivity index is 2.19. The van der Waals surface area contributed by atoms with E-state index in [0.717, 1.165) is 11.1 Å². The van der Waals surface area contributed by atoms with Crippen LogP contribution < -0.4 is 5.32 Å². The van der Waals surface area contributed by atoms with E-state index in [9.17, 15) is 0 Å². The second-order valence-corrected chi connectivity index (χ2v) is 1.50. The third kappa shape index (κ3) is 4.69. The van der Waals surface area contributed by atoms with Gasteiger partial charge in [-0.15, -0.1) is 0 Å². The molecule has 5 heavy (non-hydrogen) atoms. The van der Waals surface area contributed by atoms with Gasteiger partial charge >= 0.3 is 0 Å². The van der Waals surface area contributed by atoms with Crippen molar-refractivity contribution in [1.29, 1.82) is 0 Å². The van der Waals surface area contributed by atoms with Gasteiger partial charge in [0.15, 0.2) is 0 Å². The first-order valence-electron chi connectivity index (χ1n) is 1.68. The van der Waals surface area contributed by atoms with E-state index in [-0.39, 0.29) is 0 Å². The molecule has 0 rings (SSSR count). The molecule has 0 bridgehead atoms. The average molecular weight is 185 g/mol. The summed E-state index contributed by atoms with van der Waals surface area (Å²) in [5.74, 6) is 0. The summed E-state index contributed by atoms with van der Waals surface area (Å²) in [5, 5.41) is 3.10. The average Bonchev–Trinajstić information content (AvgIpc) is 1.41. The van der Waals surface area contributed by atoms with Crippen LogP contribution in [0.4, 0.5) is 0 Å². The number of halogens is 1. The molecule has 0 saturated carbocycles. The summed E-state index contributed by atoms with van der Waals surface area (Å²) in [6.45, 7) is 3.18. The van der Waals surface area contributed by atoms with Gasteiger partial charge in [-0.3, -0.25) is 0 Å². The minimum Gasteiger partial charge on any atom is -0.308 e. The van der Waals surface area contributed by atoms with Crippen LogP contribution in [0.15, 0.2) is 0 Å². The summed E-state index contributed by atoms with van der Waals surface area (Å²) in [6.07, 6.45) is 0. The molecule has 0 aromatic heterocycles. The van der Waals surface area contributed by atoms with E-state index in [1.165, 1.54) is 0 Å². The van der Waals surface area contributed by atoms with Crippen molar-refractivity contribution >= 4 is 22.6 Å². The molecule has 2 heteroatoms. The minimum absolute atomic E-state index is 1.06. The van der Waals surface area contributed by atoms with E-state index >= 15 is 0 Å². The predicted octanol–water partition coefficient (Wildman–Crippen LogP) is 0.988. The minimum atomic E-state index is 1.06. The summed E-state index contributed by atoms with van der Waals surface area (Å²) in [5.41, 5.74) is 0. The molecule has 0 fully saturated rings. The molecule has 0 aliphatic rings. The van der Waals surface area contributed by atoms with Crippen molar-refractivity contribution in [3.05, 3.63) is 0 Å². The summed E-state index contributed by atoms with van der Waals surface area (Å²) < 4.78 is 1.06. The van der Waals surface area contributed by atoms with E-state index in [0.29, 0.717) is 0 Å². The highest BCUT2D eigenvalue weighted by Crippen LogP contribution is 1.68. The highest BCUT2D eigenvalue weighted by Gasteiger charge is 1.64. The summed E-state index contributed by atoms with van der Waals surface area (Å²) >= 11 is 2.28. The molecule has 0 atom stereocenters. The fourth-order valence-corrected chi connectivity index (χ4v) is 0.634. The Bertz CT molecular complexity index is 14.4. The standard InChI is InChI=1S/C3H8IN/c1-2-5-3-4/h5H,2-3H2,1H3. The zero-order chi connectivity index (χ0) is 4.12. The number of hydrogen-bond donors (Lipinski definition) is 1. The molecule has 1 nitrogen and oxygen atoms in total. The van der Waals surface area contributed by atoms with Gasteiger partial charge in [0.2, 0.25) is 0 Å². The van der Waals surface area contributed by atoms with E-state index in [2.05, 4.69) is 34.8 Å². The zero-order valence-electron chi connectivity index (χ0n) is 3.29. The first-order chi connectivity index (χ1) is 2.41. The lowest BCUT2D eigenvalue weighted by molar-refractivity contribution is 0.853. The lowest BCUT2D eigenvalue weighted by Crippen LogP contribution is -2.07. The van der Waals surface area contributed by atoms with Crippen molar-refractivity contribution in [3.8, 4) is 0 Å². The maximum absolute atomic E-state index is 3.10. The van der Waals surface area contributed by atoms with Crippen molar-refractivity contribution in [2.24, 2.45) is 0 Å². The first-order valence-corrected chi connectivity index (χ1v) is 3.21. The second-order valence-electron chi connectivity index (χ2n) is 0.737. The summed E-state index contributed by atoms with van der Waals surface area (Å²) in [4.78, 5) is 0. The van der Waals surface area contributed by atoms with Gasteiger partial charge in [0.25, 0.3) is 0 Å². The lowest BCUT2D eigenvalue weighted by Gasteiger charge is -1.84. The van der Waals surface area contributed by atoms with Crippen LogP contribution in [0, 0.1) is 0 Å². The van der Waals surface area contributed by atoms with Crippen LogP contribution in [-0.4, -0.2) is 11.1 Å².